The maximum absolute atomic E-state index is 12.7. The zero-order valence-corrected chi connectivity index (χ0v) is 43.6. The Bertz CT molecular complexity index is 1290. The standard InChI is InChI=1S/C55H100NO8P/c1-6-8-10-12-14-16-18-20-22-23-24-25-26-27-28-29-30-31-32-34-35-37-39-41-43-45-47-54(57)61-51-53(52-63-65(59,60)62-50-49-56(3,4)5)64-55(58)48-46-44-42-40-38-36-33-21-19-17-15-13-11-9-7-2/h9,11,15,17,21,33,38,40,44,46,53H,6-8,10,12-14,16,18-20,22-32,34-37,39,41-43,45,47-52H2,1-5H3/b11-9-,17-15-,33-21-,40-38-,46-44-. The number of nitrogens with zero attached hydrogens (tertiary/aromatic N) is 1. The van der Waals surface area contributed by atoms with E-state index in [2.05, 4.69) is 56.4 Å². The van der Waals surface area contributed by atoms with Gasteiger partial charge in [-0.2, -0.15) is 0 Å². The van der Waals surface area contributed by atoms with Crippen LogP contribution in [0.25, 0.3) is 0 Å². The first kappa shape index (κ1) is 62.7. The highest BCUT2D eigenvalue weighted by Gasteiger charge is 2.21. The third kappa shape index (κ3) is 51.0. The van der Waals surface area contributed by atoms with Crippen LogP contribution in [0.3, 0.4) is 0 Å². The minimum absolute atomic E-state index is 0.00735. The number of likely N-dealkylation sites (N-methyl/N-ethyl adjacent to an activating group) is 1. The van der Waals surface area contributed by atoms with Crippen molar-refractivity contribution >= 4 is 19.8 Å². The van der Waals surface area contributed by atoms with E-state index in [4.69, 9.17) is 18.5 Å². The van der Waals surface area contributed by atoms with Crippen molar-refractivity contribution in [1.29, 1.82) is 0 Å². The highest BCUT2D eigenvalue weighted by Crippen LogP contribution is 2.38. The molecule has 0 aliphatic heterocycles. The molecule has 2 atom stereocenters. The number of hydrogen-bond acceptors (Lipinski definition) is 8. The highest BCUT2D eigenvalue weighted by atomic mass is 31.2. The van der Waals surface area contributed by atoms with E-state index < -0.39 is 32.5 Å². The average molecular weight is 934 g/mol. The van der Waals surface area contributed by atoms with Gasteiger partial charge in [-0.05, 0) is 38.5 Å². The van der Waals surface area contributed by atoms with Gasteiger partial charge in [0.1, 0.15) is 19.8 Å². The van der Waals surface area contributed by atoms with E-state index in [1.54, 1.807) is 6.08 Å². The average Bonchev–Trinajstić information content (AvgIpc) is 3.26. The van der Waals surface area contributed by atoms with Crippen LogP contribution in [0, 0.1) is 0 Å². The van der Waals surface area contributed by atoms with Crippen LogP contribution < -0.4 is 4.89 Å². The van der Waals surface area contributed by atoms with E-state index in [-0.39, 0.29) is 26.1 Å². The van der Waals surface area contributed by atoms with E-state index >= 15 is 0 Å². The van der Waals surface area contributed by atoms with Crippen LogP contribution >= 0.6 is 7.82 Å². The lowest BCUT2D eigenvalue weighted by Crippen LogP contribution is -2.37. The first-order valence-electron chi connectivity index (χ1n) is 26.5. The van der Waals surface area contributed by atoms with Crippen molar-refractivity contribution in [2.75, 3.05) is 47.5 Å². The van der Waals surface area contributed by atoms with Gasteiger partial charge in [0, 0.05) is 6.42 Å². The fraction of sp³-hybridized carbons (Fsp3) is 0.782. The molecule has 378 valence electrons. The van der Waals surface area contributed by atoms with Crippen molar-refractivity contribution in [2.45, 2.75) is 232 Å². The molecular formula is C55H100NO8P. The number of esters is 2. The fourth-order valence-corrected chi connectivity index (χ4v) is 7.99. The summed E-state index contributed by atoms with van der Waals surface area (Å²) in [6.45, 7) is 4.03. The van der Waals surface area contributed by atoms with Crippen LogP contribution in [0.4, 0.5) is 0 Å². The molecule has 65 heavy (non-hydrogen) atoms. The van der Waals surface area contributed by atoms with Crippen molar-refractivity contribution in [3.63, 3.8) is 0 Å². The zero-order chi connectivity index (χ0) is 47.8. The lowest BCUT2D eigenvalue weighted by Gasteiger charge is -2.28. The molecule has 10 heteroatoms. The molecule has 0 N–H and O–H groups in total. The third-order valence-corrected chi connectivity index (χ3v) is 12.3. The van der Waals surface area contributed by atoms with E-state index in [1.165, 1.54) is 148 Å². The van der Waals surface area contributed by atoms with E-state index in [9.17, 15) is 19.0 Å². The topological polar surface area (TPSA) is 111 Å². The molecule has 0 aliphatic rings. The SMILES string of the molecule is CC/C=C\C/C=C\C/C=C\C/C=C\C/C=C\CC(=O)OC(COC(=O)CCCCCCCCCCCCCCCCCCCCCCCCCCCC)COP(=O)([O-])OCC[N+](C)(C)C. The second-order valence-corrected chi connectivity index (χ2v) is 20.3. The van der Waals surface area contributed by atoms with Crippen LogP contribution in [-0.2, 0) is 32.7 Å². The Labute approximate surface area is 400 Å². The minimum atomic E-state index is -4.66. The summed E-state index contributed by atoms with van der Waals surface area (Å²) in [6.07, 6.45) is 58.8. The summed E-state index contributed by atoms with van der Waals surface area (Å²) in [5, 5.41) is 0. The molecular weight excluding hydrogens is 834 g/mol. The summed E-state index contributed by atoms with van der Waals surface area (Å²) in [5.41, 5.74) is 0. The largest absolute Gasteiger partial charge is 0.756 e. The Morgan fingerprint density at radius 1 is 0.492 bits per heavy atom. The Balaban J connectivity index is 4.19. The molecule has 0 aliphatic carbocycles. The maximum atomic E-state index is 12.7. The molecule has 0 spiro atoms. The molecule has 0 fully saturated rings. The summed E-state index contributed by atoms with van der Waals surface area (Å²) in [6, 6.07) is 0. The summed E-state index contributed by atoms with van der Waals surface area (Å²) in [5.74, 6) is -0.976. The predicted molar refractivity (Wildman–Crippen MR) is 273 cm³/mol. The molecule has 0 saturated carbocycles. The molecule has 0 aromatic rings. The van der Waals surface area contributed by atoms with Crippen LogP contribution in [0.1, 0.15) is 226 Å². The quantitative estimate of drug-likeness (QED) is 0.0195. The molecule has 9 nitrogen and oxygen atoms in total. The zero-order valence-electron chi connectivity index (χ0n) is 42.7. The number of phosphoric ester groups is 1. The first-order chi connectivity index (χ1) is 31.5. The van der Waals surface area contributed by atoms with Crippen molar-refractivity contribution < 1.29 is 42.1 Å². The molecule has 0 heterocycles. The Hall–Kier alpha value is -2.29. The maximum Gasteiger partial charge on any atom is 0.310 e. The van der Waals surface area contributed by atoms with Gasteiger partial charge in [-0.25, -0.2) is 0 Å². The Morgan fingerprint density at radius 3 is 1.25 bits per heavy atom. The van der Waals surface area contributed by atoms with Gasteiger partial charge in [0.25, 0.3) is 7.82 Å². The normalized spacial score (nSPS) is 13.9. The van der Waals surface area contributed by atoms with Crippen molar-refractivity contribution in [3.05, 3.63) is 60.8 Å². The predicted octanol–water partition coefficient (Wildman–Crippen LogP) is 15.3. The molecule has 0 amide bonds. The van der Waals surface area contributed by atoms with Crippen molar-refractivity contribution in [2.24, 2.45) is 0 Å². The van der Waals surface area contributed by atoms with Crippen LogP contribution in [-0.4, -0.2) is 70.0 Å². The van der Waals surface area contributed by atoms with E-state index in [0.717, 1.165) is 44.9 Å². The Morgan fingerprint density at radius 2 is 0.862 bits per heavy atom. The van der Waals surface area contributed by atoms with Gasteiger partial charge in [-0.3, -0.25) is 14.2 Å². The number of phosphoric acid groups is 1. The van der Waals surface area contributed by atoms with Gasteiger partial charge in [0.05, 0.1) is 34.2 Å². The molecule has 0 aromatic heterocycles. The van der Waals surface area contributed by atoms with Crippen LogP contribution in [0.15, 0.2) is 60.8 Å². The number of carbonyl (C=O) groups is 2. The number of allylic oxidation sites excluding steroid dienone is 9. The molecule has 0 aromatic carbocycles. The lowest BCUT2D eigenvalue weighted by molar-refractivity contribution is -0.870. The molecule has 0 saturated heterocycles. The van der Waals surface area contributed by atoms with Gasteiger partial charge < -0.3 is 27.9 Å². The lowest BCUT2D eigenvalue weighted by atomic mass is 10.0. The Kier molecular flexibility index (Phi) is 45.2. The molecule has 0 radical (unpaired) electrons. The third-order valence-electron chi connectivity index (χ3n) is 11.3. The van der Waals surface area contributed by atoms with Gasteiger partial charge in [-0.1, -0.05) is 235 Å². The minimum Gasteiger partial charge on any atom is -0.756 e. The number of quaternary nitrogens is 1. The first-order valence-corrected chi connectivity index (χ1v) is 28.0. The molecule has 2 unspecified atom stereocenters. The number of unbranched alkanes of at least 4 members (excludes halogenated alkanes) is 25. The summed E-state index contributed by atoms with van der Waals surface area (Å²) in [7, 11) is 1.11. The number of rotatable bonds is 48. The number of carbonyl (C=O) groups excluding carboxylic acids is 2. The van der Waals surface area contributed by atoms with E-state index in [1.807, 2.05) is 33.3 Å². The van der Waals surface area contributed by atoms with Gasteiger partial charge >= 0.3 is 11.9 Å². The van der Waals surface area contributed by atoms with Gasteiger partial charge in [0.2, 0.25) is 0 Å². The van der Waals surface area contributed by atoms with Crippen LogP contribution in [0.2, 0.25) is 0 Å². The smallest absolute Gasteiger partial charge is 0.310 e. The van der Waals surface area contributed by atoms with Crippen LogP contribution in [0.5, 0.6) is 0 Å². The summed E-state index contributed by atoms with van der Waals surface area (Å²) >= 11 is 0. The number of ether oxygens (including phenoxy) is 2. The molecule has 0 rings (SSSR count). The summed E-state index contributed by atoms with van der Waals surface area (Å²) < 4.78 is 33.9. The van der Waals surface area contributed by atoms with E-state index in [0.29, 0.717) is 17.4 Å². The fourth-order valence-electron chi connectivity index (χ4n) is 7.26. The molecule has 0 bridgehead atoms. The second-order valence-electron chi connectivity index (χ2n) is 18.9. The van der Waals surface area contributed by atoms with Gasteiger partial charge in [-0.15, -0.1) is 0 Å². The monoisotopic (exact) mass is 934 g/mol. The highest BCUT2D eigenvalue weighted by molar-refractivity contribution is 7.45. The van der Waals surface area contributed by atoms with Gasteiger partial charge in [0.15, 0.2) is 6.10 Å². The van der Waals surface area contributed by atoms with Crippen molar-refractivity contribution in [3.8, 4) is 0 Å². The van der Waals surface area contributed by atoms with Crippen molar-refractivity contribution in [1.82, 2.24) is 0 Å². The second kappa shape index (κ2) is 46.8. The number of hydrogen-bond donors (Lipinski definition) is 0. The summed E-state index contributed by atoms with van der Waals surface area (Å²) in [4.78, 5) is 37.6.